The van der Waals surface area contributed by atoms with Gasteiger partial charge >= 0.3 is 0 Å². The summed E-state index contributed by atoms with van der Waals surface area (Å²) in [6.07, 6.45) is 0.717. The third kappa shape index (κ3) is 3.63. The fourth-order valence-corrected chi connectivity index (χ4v) is 1.07. The lowest BCUT2D eigenvalue weighted by molar-refractivity contribution is -0.116. The van der Waals surface area contributed by atoms with E-state index in [4.69, 9.17) is 5.73 Å². The van der Waals surface area contributed by atoms with Gasteiger partial charge in [-0.2, -0.15) is 0 Å². The standard InChI is InChI=1S/C10H12F2N2O/c11-7-3-4-8(12)9(6-7)14-10(15)2-1-5-13/h3-4,6H,1-2,5,13H2,(H,14,15). The Kier molecular flexibility index (Phi) is 4.17. The highest BCUT2D eigenvalue weighted by Crippen LogP contribution is 2.15. The molecule has 0 bridgehead atoms. The number of amides is 1. The normalized spacial score (nSPS) is 10.1. The minimum absolute atomic E-state index is 0.142. The van der Waals surface area contributed by atoms with E-state index in [1.807, 2.05) is 0 Å². The van der Waals surface area contributed by atoms with Crippen LogP contribution in [0.1, 0.15) is 12.8 Å². The SMILES string of the molecule is NCCCC(=O)Nc1cc(F)ccc1F. The largest absolute Gasteiger partial charge is 0.330 e. The molecule has 1 rings (SSSR count). The lowest BCUT2D eigenvalue weighted by atomic mass is 10.2. The van der Waals surface area contributed by atoms with Crippen LogP contribution < -0.4 is 11.1 Å². The monoisotopic (exact) mass is 214 g/mol. The second kappa shape index (κ2) is 5.41. The molecule has 0 saturated heterocycles. The molecule has 0 fully saturated rings. The molecular formula is C10H12F2N2O. The smallest absolute Gasteiger partial charge is 0.224 e. The van der Waals surface area contributed by atoms with Crippen molar-refractivity contribution in [2.75, 3.05) is 11.9 Å². The maximum atomic E-state index is 13.0. The third-order valence-corrected chi connectivity index (χ3v) is 1.81. The van der Waals surface area contributed by atoms with Crippen LogP contribution in [0.15, 0.2) is 18.2 Å². The van der Waals surface area contributed by atoms with Gasteiger partial charge in [-0.15, -0.1) is 0 Å². The predicted molar refractivity (Wildman–Crippen MR) is 53.3 cm³/mol. The molecule has 3 nitrogen and oxygen atoms in total. The van der Waals surface area contributed by atoms with E-state index in [2.05, 4.69) is 5.32 Å². The van der Waals surface area contributed by atoms with Crippen LogP contribution in [0.5, 0.6) is 0 Å². The van der Waals surface area contributed by atoms with E-state index >= 15 is 0 Å². The number of carbonyl (C=O) groups excluding carboxylic acids is 1. The molecule has 1 amide bonds. The highest BCUT2D eigenvalue weighted by atomic mass is 19.1. The molecule has 0 unspecified atom stereocenters. The summed E-state index contributed by atoms with van der Waals surface area (Å²) in [7, 11) is 0. The molecule has 0 heterocycles. The van der Waals surface area contributed by atoms with Gasteiger partial charge in [0.15, 0.2) is 0 Å². The van der Waals surface area contributed by atoms with Gasteiger partial charge in [-0.3, -0.25) is 4.79 Å². The number of nitrogens with one attached hydrogen (secondary N) is 1. The second-order valence-corrected chi connectivity index (χ2v) is 3.06. The number of hydrogen-bond donors (Lipinski definition) is 2. The summed E-state index contributed by atoms with van der Waals surface area (Å²) in [5.41, 5.74) is 5.07. The Labute approximate surface area is 86.3 Å². The number of rotatable bonds is 4. The Morgan fingerprint density at radius 3 is 2.80 bits per heavy atom. The number of hydrogen-bond acceptors (Lipinski definition) is 2. The van der Waals surface area contributed by atoms with Crippen molar-refractivity contribution in [2.45, 2.75) is 12.8 Å². The van der Waals surface area contributed by atoms with E-state index in [0.29, 0.717) is 13.0 Å². The Balaban J connectivity index is 2.63. The summed E-state index contributed by atoms with van der Waals surface area (Å²) in [6, 6.07) is 2.90. The average Bonchev–Trinajstić information content (AvgIpc) is 2.20. The Hall–Kier alpha value is -1.49. The Morgan fingerprint density at radius 1 is 1.40 bits per heavy atom. The molecule has 0 aliphatic heterocycles. The molecule has 82 valence electrons. The highest BCUT2D eigenvalue weighted by Gasteiger charge is 2.07. The zero-order valence-corrected chi connectivity index (χ0v) is 8.09. The van der Waals surface area contributed by atoms with Gasteiger partial charge in [-0.25, -0.2) is 8.78 Å². The van der Waals surface area contributed by atoms with Gasteiger partial charge in [0.25, 0.3) is 0 Å². The molecule has 1 aromatic carbocycles. The van der Waals surface area contributed by atoms with E-state index in [9.17, 15) is 13.6 Å². The lowest BCUT2D eigenvalue weighted by Crippen LogP contribution is -2.14. The van der Waals surface area contributed by atoms with Crippen LogP contribution in [0.3, 0.4) is 0 Å². The van der Waals surface area contributed by atoms with Crippen molar-refractivity contribution in [3.63, 3.8) is 0 Å². The van der Waals surface area contributed by atoms with Crippen LogP contribution >= 0.6 is 0 Å². The van der Waals surface area contributed by atoms with Crippen LogP contribution in [0.4, 0.5) is 14.5 Å². The van der Waals surface area contributed by atoms with Crippen molar-refractivity contribution < 1.29 is 13.6 Å². The number of benzene rings is 1. The highest BCUT2D eigenvalue weighted by molar-refractivity contribution is 5.90. The average molecular weight is 214 g/mol. The van der Waals surface area contributed by atoms with Crippen LogP contribution in [0.25, 0.3) is 0 Å². The molecule has 1 aromatic rings. The molecule has 0 aromatic heterocycles. The van der Waals surface area contributed by atoms with Gasteiger partial charge in [0.1, 0.15) is 11.6 Å². The Morgan fingerprint density at radius 2 is 2.13 bits per heavy atom. The van der Waals surface area contributed by atoms with Gasteiger partial charge in [-0.1, -0.05) is 0 Å². The Bertz CT molecular complexity index is 355. The van der Waals surface area contributed by atoms with Crippen molar-refractivity contribution in [3.05, 3.63) is 29.8 Å². The molecule has 3 N–H and O–H groups in total. The van der Waals surface area contributed by atoms with Crippen molar-refractivity contribution in [1.29, 1.82) is 0 Å². The predicted octanol–water partition coefficient (Wildman–Crippen LogP) is 1.64. The molecule has 15 heavy (non-hydrogen) atoms. The minimum atomic E-state index is -0.655. The van der Waals surface area contributed by atoms with Crippen LogP contribution in [0, 0.1) is 11.6 Å². The first-order valence-corrected chi connectivity index (χ1v) is 4.58. The second-order valence-electron chi connectivity index (χ2n) is 3.06. The molecule has 0 spiro atoms. The topological polar surface area (TPSA) is 55.1 Å². The fourth-order valence-electron chi connectivity index (χ4n) is 1.07. The van der Waals surface area contributed by atoms with Gasteiger partial charge in [0.05, 0.1) is 5.69 Å². The molecule has 0 aliphatic rings. The first kappa shape index (κ1) is 11.6. The first-order chi connectivity index (χ1) is 7.13. The summed E-state index contributed by atoms with van der Waals surface area (Å²) >= 11 is 0. The number of nitrogens with two attached hydrogens (primary N) is 1. The van der Waals surface area contributed by atoms with E-state index in [1.165, 1.54) is 0 Å². The van der Waals surface area contributed by atoms with E-state index in [-0.39, 0.29) is 18.0 Å². The molecule has 0 radical (unpaired) electrons. The summed E-state index contributed by atoms with van der Waals surface area (Å²) in [4.78, 5) is 11.2. The summed E-state index contributed by atoms with van der Waals surface area (Å²) < 4.78 is 25.8. The van der Waals surface area contributed by atoms with E-state index < -0.39 is 11.6 Å². The number of carbonyl (C=O) groups is 1. The van der Waals surface area contributed by atoms with Gasteiger partial charge in [0.2, 0.25) is 5.91 Å². The third-order valence-electron chi connectivity index (χ3n) is 1.81. The van der Waals surface area contributed by atoms with Gasteiger partial charge in [-0.05, 0) is 25.1 Å². The maximum absolute atomic E-state index is 13.0. The van der Waals surface area contributed by atoms with E-state index in [1.54, 1.807) is 0 Å². The summed E-state index contributed by atoms with van der Waals surface area (Å²) in [5.74, 6) is -1.62. The zero-order valence-electron chi connectivity index (χ0n) is 8.09. The van der Waals surface area contributed by atoms with Crippen molar-refractivity contribution >= 4 is 11.6 Å². The van der Waals surface area contributed by atoms with Crippen LogP contribution in [-0.4, -0.2) is 12.5 Å². The molecule has 0 aliphatic carbocycles. The first-order valence-electron chi connectivity index (χ1n) is 4.58. The number of halogens is 2. The lowest BCUT2D eigenvalue weighted by Gasteiger charge is -2.05. The molecule has 5 heteroatoms. The van der Waals surface area contributed by atoms with E-state index in [0.717, 1.165) is 18.2 Å². The molecular weight excluding hydrogens is 202 g/mol. The molecule has 0 atom stereocenters. The molecule has 0 saturated carbocycles. The van der Waals surface area contributed by atoms with Crippen LogP contribution in [0.2, 0.25) is 0 Å². The van der Waals surface area contributed by atoms with Gasteiger partial charge in [0, 0.05) is 12.5 Å². The van der Waals surface area contributed by atoms with Gasteiger partial charge < -0.3 is 11.1 Å². The maximum Gasteiger partial charge on any atom is 0.224 e. The van der Waals surface area contributed by atoms with Crippen LogP contribution in [-0.2, 0) is 4.79 Å². The zero-order chi connectivity index (χ0) is 11.3. The van der Waals surface area contributed by atoms with Crippen molar-refractivity contribution in [2.24, 2.45) is 5.73 Å². The fraction of sp³-hybridized carbons (Fsp3) is 0.300. The minimum Gasteiger partial charge on any atom is -0.330 e. The number of anilines is 1. The van der Waals surface area contributed by atoms with Crippen molar-refractivity contribution in [1.82, 2.24) is 0 Å². The summed E-state index contributed by atoms with van der Waals surface area (Å²) in [5, 5.41) is 2.28. The summed E-state index contributed by atoms with van der Waals surface area (Å²) in [6.45, 7) is 0.388. The quantitative estimate of drug-likeness (QED) is 0.800. The van der Waals surface area contributed by atoms with Crippen molar-refractivity contribution in [3.8, 4) is 0 Å².